The Labute approximate surface area is 82.1 Å². The van der Waals surface area contributed by atoms with Crippen LogP contribution in [-0.4, -0.2) is 35.2 Å². The monoisotopic (exact) mass is 202 g/mol. The van der Waals surface area contributed by atoms with E-state index in [2.05, 4.69) is 16.8 Å². The quantitative estimate of drug-likeness (QED) is 0.389. The second-order valence-electron chi connectivity index (χ2n) is 2.36. The zero-order valence-corrected chi connectivity index (χ0v) is 8.46. The maximum absolute atomic E-state index is 10.3. The minimum absolute atomic E-state index is 0.566. The zero-order valence-electron chi connectivity index (χ0n) is 7.64. The predicted octanol–water partition coefficient (Wildman–Crippen LogP) is 1.83. The highest BCUT2D eigenvalue weighted by molar-refractivity contribution is 7.99. The van der Waals surface area contributed by atoms with E-state index in [0.717, 1.165) is 11.5 Å². The Balaban J connectivity index is 3.40. The van der Waals surface area contributed by atoms with Crippen LogP contribution in [0.2, 0.25) is 0 Å². The summed E-state index contributed by atoms with van der Waals surface area (Å²) >= 11 is 1.69. The van der Waals surface area contributed by atoms with Crippen LogP contribution in [0, 0.1) is 0 Å². The standard InChI is InChI=1S/C8H14N2O2S/c1-3-5-13-6-4-9-10-7(2)8(11)12/h3,7H,1,4-6H2,2H3,(H,11,12). The van der Waals surface area contributed by atoms with Crippen molar-refractivity contribution in [3.05, 3.63) is 12.7 Å². The van der Waals surface area contributed by atoms with Gasteiger partial charge in [0.05, 0.1) is 6.54 Å². The van der Waals surface area contributed by atoms with Gasteiger partial charge in [0.25, 0.3) is 0 Å². The summed E-state index contributed by atoms with van der Waals surface area (Å²) in [6.45, 7) is 5.65. The van der Waals surface area contributed by atoms with Crippen molar-refractivity contribution in [2.45, 2.75) is 13.0 Å². The first-order chi connectivity index (χ1) is 6.18. The van der Waals surface area contributed by atoms with Crippen LogP contribution in [0.4, 0.5) is 0 Å². The van der Waals surface area contributed by atoms with Gasteiger partial charge < -0.3 is 5.11 Å². The highest BCUT2D eigenvalue weighted by atomic mass is 32.2. The summed E-state index contributed by atoms with van der Waals surface area (Å²) in [7, 11) is 0. The molecule has 0 saturated carbocycles. The molecule has 0 amide bonds. The van der Waals surface area contributed by atoms with Gasteiger partial charge in [-0.3, -0.25) is 0 Å². The molecule has 74 valence electrons. The van der Waals surface area contributed by atoms with Crippen LogP contribution in [0.25, 0.3) is 0 Å². The van der Waals surface area contributed by atoms with E-state index < -0.39 is 12.0 Å². The molecule has 0 rings (SSSR count). The third-order valence-electron chi connectivity index (χ3n) is 1.18. The molecule has 0 aromatic heterocycles. The summed E-state index contributed by atoms with van der Waals surface area (Å²) in [5.74, 6) is 0.800. The van der Waals surface area contributed by atoms with E-state index in [4.69, 9.17) is 5.11 Å². The number of carboxylic acids is 1. The number of aliphatic carboxylic acids is 1. The molecule has 5 heteroatoms. The van der Waals surface area contributed by atoms with Crippen molar-refractivity contribution in [2.75, 3.05) is 18.1 Å². The fourth-order valence-corrected chi connectivity index (χ4v) is 1.05. The van der Waals surface area contributed by atoms with Crippen molar-refractivity contribution >= 4 is 17.7 Å². The molecular weight excluding hydrogens is 188 g/mol. The molecule has 0 spiro atoms. The Bertz CT molecular complexity index is 195. The average molecular weight is 202 g/mol. The summed E-state index contributed by atoms with van der Waals surface area (Å²) in [4.78, 5) is 10.3. The highest BCUT2D eigenvalue weighted by Gasteiger charge is 2.07. The van der Waals surface area contributed by atoms with Gasteiger partial charge in [-0.15, -0.1) is 6.58 Å². The molecule has 1 N–H and O–H groups in total. The van der Waals surface area contributed by atoms with Gasteiger partial charge in [-0.1, -0.05) is 6.08 Å². The van der Waals surface area contributed by atoms with Crippen LogP contribution in [0.3, 0.4) is 0 Å². The number of nitrogens with zero attached hydrogens (tertiary/aromatic N) is 2. The second-order valence-corrected chi connectivity index (χ2v) is 3.51. The SMILES string of the molecule is C=CCSCCN=NC(C)C(=O)O. The van der Waals surface area contributed by atoms with E-state index in [1.165, 1.54) is 6.92 Å². The Morgan fingerprint density at radius 3 is 3.00 bits per heavy atom. The Morgan fingerprint density at radius 2 is 2.46 bits per heavy atom. The molecule has 0 aromatic carbocycles. The largest absolute Gasteiger partial charge is 0.480 e. The van der Waals surface area contributed by atoms with Gasteiger partial charge >= 0.3 is 5.97 Å². The molecule has 13 heavy (non-hydrogen) atoms. The van der Waals surface area contributed by atoms with E-state index in [1.807, 2.05) is 6.08 Å². The minimum Gasteiger partial charge on any atom is -0.480 e. The summed E-state index contributed by atoms with van der Waals surface area (Å²) in [6.07, 6.45) is 1.82. The van der Waals surface area contributed by atoms with Crippen molar-refractivity contribution in [1.82, 2.24) is 0 Å². The van der Waals surface area contributed by atoms with Crippen LogP contribution < -0.4 is 0 Å². The minimum atomic E-state index is -0.942. The molecule has 0 aromatic rings. The predicted molar refractivity (Wildman–Crippen MR) is 54.3 cm³/mol. The third-order valence-corrected chi connectivity index (χ3v) is 2.13. The third kappa shape index (κ3) is 7.52. The molecule has 0 bridgehead atoms. The van der Waals surface area contributed by atoms with Crippen molar-refractivity contribution in [3.8, 4) is 0 Å². The molecule has 1 atom stereocenters. The van der Waals surface area contributed by atoms with Crippen molar-refractivity contribution in [1.29, 1.82) is 0 Å². The fraction of sp³-hybridized carbons (Fsp3) is 0.625. The van der Waals surface area contributed by atoms with Crippen LogP contribution in [0.5, 0.6) is 0 Å². The Morgan fingerprint density at radius 1 is 1.77 bits per heavy atom. The second kappa shape index (κ2) is 7.79. The molecule has 1 unspecified atom stereocenters. The number of thioether (sulfide) groups is 1. The molecule has 0 aliphatic carbocycles. The number of hydrogen-bond donors (Lipinski definition) is 1. The van der Waals surface area contributed by atoms with Crippen molar-refractivity contribution in [2.24, 2.45) is 10.2 Å². The Hall–Kier alpha value is -0.840. The number of carbonyl (C=O) groups is 1. The molecule has 0 saturated heterocycles. The summed E-state index contributed by atoms with van der Waals surface area (Å²) < 4.78 is 0. The van der Waals surface area contributed by atoms with Gasteiger partial charge in [0, 0.05) is 11.5 Å². The first-order valence-corrected chi connectivity index (χ1v) is 5.12. The lowest BCUT2D eigenvalue weighted by Gasteiger charge is -1.96. The molecule has 0 aliphatic heterocycles. The van der Waals surface area contributed by atoms with Crippen LogP contribution in [0.15, 0.2) is 22.9 Å². The topological polar surface area (TPSA) is 62.0 Å². The summed E-state index contributed by atoms with van der Waals surface area (Å²) in [5, 5.41) is 15.8. The van der Waals surface area contributed by atoms with Crippen molar-refractivity contribution < 1.29 is 9.90 Å². The van der Waals surface area contributed by atoms with E-state index >= 15 is 0 Å². The van der Waals surface area contributed by atoms with Gasteiger partial charge in [-0.25, -0.2) is 4.79 Å². The molecule has 4 nitrogen and oxygen atoms in total. The summed E-state index contributed by atoms with van der Waals surface area (Å²) in [5.41, 5.74) is 0. The smallest absolute Gasteiger partial charge is 0.330 e. The number of rotatable bonds is 7. The van der Waals surface area contributed by atoms with E-state index in [0.29, 0.717) is 6.54 Å². The maximum atomic E-state index is 10.3. The number of carboxylic acid groups (broad SMARTS) is 1. The molecule has 0 heterocycles. The first-order valence-electron chi connectivity index (χ1n) is 3.96. The lowest BCUT2D eigenvalue weighted by atomic mass is 10.4. The van der Waals surface area contributed by atoms with E-state index in [-0.39, 0.29) is 0 Å². The lowest BCUT2D eigenvalue weighted by Crippen LogP contribution is -2.12. The molecular formula is C8H14N2O2S. The lowest BCUT2D eigenvalue weighted by molar-refractivity contribution is -0.138. The summed E-state index contributed by atoms with van der Waals surface area (Å²) in [6, 6.07) is -0.732. The average Bonchev–Trinajstić information content (AvgIpc) is 2.10. The number of hydrogen-bond acceptors (Lipinski definition) is 4. The number of azo groups is 1. The van der Waals surface area contributed by atoms with Gasteiger partial charge in [-0.05, 0) is 6.92 Å². The zero-order chi connectivity index (χ0) is 10.1. The normalized spacial score (nSPS) is 13.0. The van der Waals surface area contributed by atoms with Crippen LogP contribution in [0.1, 0.15) is 6.92 Å². The van der Waals surface area contributed by atoms with E-state index in [9.17, 15) is 4.79 Å². The van der Waals surface area contributed by atoms with Gasteiger partial charge in [0.1, 0.15) is 0 Å². The molecule has 0 aliphatic rings. The Kier molecular flexibility index (Phi) is 7.29. The van der Waals surface area contributed by atoms with E-state index in [1.54, 1.807) is 11.8 Å². The molecule has 0 radical (unpaired) electrons. The maximum Gasteiger partial charge on any atom is 0.330 e. The van der Waals surface area contributed by atoms with Crippen LogP contribution in [-0.2, 0) is 4.79 Å². The van der Waals surface area contributed by atoms with Gasteiger partial charge in [0.2, 0.25) is 0 Å². The van der Waals surface area contributed by atoms with Crippen LogP contribution >= 0.6 is 11.8 Å². The first kappa shape index (κ1) is 12.2. The van der Waals surface area contributed by atoms with Gasteiger partial charge in [0.15, 0.2) is 6.04 Å². The molecule has 0 fully saturated rings. The highest BCUT2D eigenvalue weighted by Crippen LogP contribution is 1.99. The van der Waals surface area contributed by atoms with Crippen molar-refractivity contribution in [3.63, 3.8) is 0 Å². The van der Waals surface area contributed by atoms with Gasteiger partial charge in [-0.2, -0.15) is 22.0 Å². The fourth-order valence-electron chi connectivity index (χ4n) is 0.502.